The molecule has 0 saturated carbocycles. The second-order valence-electron chi connectivity index (χ2n) is 9.45. The molecule has 36 heavy (non-hydrogen) atoms. The fourth-order valence-electron chi connectivity index (χ4n) is 4.22. The third-order valence-electron chi connectivity index (χ3n) is 6.42. The summed E-state index contributed by atoms with van der Waals surface area (Å²) in [5.41, 5.74) is 4.95. The molecule has 4 nitrogen and oxygen atoms in total. The monoisotopic (exact) mass is 492 g/mol. The number of aromatic nitrogens is 1. The lowest BCUT2D eigenvalue weighted by molar-refractivity contribution is -0.138. The normalized spacial score (nSPS) is 14.8. The number of rotatable bonds is 5. The van der Waals surface area contributed by atoms with Gasteiger partial charge in [0, 0.05) is 68.5 Å². The van der Waals surface area contributed by atoms with E-state index in [1.807, 2.05) is 45.2 Å². The Kier molecular flexibility index (Phi) is 7.97. The van der Waals surface area contributed by atoms with Gasteiger partial charge in [0.25, 0.3) is 0 Å². The number of piperazine rings is 1. The van der Waals surface area contributed by atoms with Gasteiger partial charge in [-0.05, 0) is 67.4 Å². The van der Waals surface area contributed by atoms with E-state index in [2.05, 4.69) is 31.9 Å². The molecule has 4 rings (SSSR count). The Morgan fingerprint density at radius 3 is 2.44 bits per heavy atom. The quantitative estimate of drug-likeness (QED) is 0.478. The highest BCUT2D eigenvalue weighted by molar-refractivity contribution is 5.52. The number of halogens is 3. The number of anilines is 1. The second kappa shape index (κ2) is 11.2. The number of benzene rings is 2. The number of pyridine rings is 1. The van der Waals surface area contributed by atoms with Crippen molar-refractivity contribution in [2.45, 2.75) is 33.1 Å². The average Bonchev–Trinajstić information content (AvgIpc) is 2.84. The number of alkyl halides is 3. The van der Waals surface area contributed by atoms with E-state index in [1.165, 1.54) is 6.07 Å². The molecule has 2 heterocycles. The van der Waals surface area contributed by atoms with Crippen molar-refractivity contribution in [3.63, 3.8) is 0 Å². The third kappa shape index (κ3) is 6.87. The first-order valence-electron chi connectivity index (χ1n) is 12.1. The molecule has 3 aromatic rings. The lowest BCUT2D eigenvalue weighted by Crippen LogP contribution is -2.44. The number of aryl methyl sites for hydroxylation is 2. The van der Waals surface area contributed by atoms with Crippen LogP contribution in [0.3, 0.4) is 0 Å². The van der Waals surface area contributed by atoms with Crippen molar-refractivity contribution >= 4 is 5.69 Å². The molecule has 7 heteroatoms. The van der Waals surface area contributed by atoms with Crippen LogP contribution in [0.4, 0.5) is 18.9 Å². The summed E-state index contributed by atoms with van der Waals surface area (Å²) in [4.78, 5) is 8.44. The van der Waals surface area contributed by atoms with Gasteiger partial charge in [-0.15, -0.1) is 0 Å². The number of hydrogen-bond donors (Lipinski definition) is 1. The maximum Gasteiger partial charge on any atom is 0.416 e. The summed E-state index contributed by atoms with van der Waals surface area (Å²) in [6.45, 7) is 7.94. The third-order valence-corrected chi connectivity index (χ3v) is 6.42. The van der Waals surface area contributed by atoms with Gasteiger partial charge in [0.2, 0.25) is 0 Å². The Hall–Kier alpha value is -3.34. The summed E-state index contributed by atoms with van der Waals surface area (Å²) >= 11 is 0. The molecule has 0 spiro atoms. The Bertz CT molecular complexity index is 1270. The molecule has 0 atom stereocenters. The largest absolute Gasteiger partial charge is 0.416 e. The van der Waals surface area contributed by atoms with Crippen molar-refractivity contribution in [2.75, 3.05) is 38.5 Å². The van der Waals surface area contributed by atoms with Crippen LogP contribution in [0.2, 0.25) is 0 Å². The first-order valence-corrected chi connectivity index (χ1v) is 12.1. The second-order valence-corrected chi connectivity index (χ2v) is 9.45. The molecule has 1 fully saturated rings. The molecule has 1 aromatic heterocycles. The van der Waals surface area contributed by atoms with Crippen molar-refractivity contribution in [2.24, 2.45) is 0 Å². The fraction of sp³-hybridized carbons (Fsp3) is 0.345. The van der Waals surface area contributed by atoms with Gasteiger partial charge >= 0.3 is 6.18 Å². The van der Waals surface area contributed by atoms with E-state index >= 15 is 0 Å². The molecule has 0 unspecified atom stereocenters. The minimum atomic E-state index is -4.41. The fourth-order valence-corrected chi connectivity index (χ4v) is 4.22. The molecular formula is C29H31F3N4. The van der Waals surface area contributed by atoms with Crippen LogP contribution in [-0.2, 0) is 19.3 Å². The highest BCUT2D eigenvalue weighted by atomic mass is 19.4. The van der Waals surface area contributed by atoms with Gasteiger partial charge in [0.15, 0.2) is 0 Å². The van der Waals surface area contributed by atoms with Gasteiger partial charge in [-0.1, -0.05) is 30.0 Å². The zero-order valence-corrected chi connectivity index (χ0v) is 20.9. The molecule has 1 aliphatic heterocycles. The smallest absolute Gasteiger partial charge is 0.381 e. The Labute approximate surface area is 211 Å². The molecule has 1 saturated heterocycles. The predicted octanol–water partition coefficient (Wildman–Crippen LogP) is 5.48. The predicted molar refractivity (Wildman–Crippen MR) is 138 cm³/mol. The van der Waals surface area contributed by atoms with E-state index in [9.17, 15) is 13.2 Å². The molecule has 1 aliphatic rings. The maximum atomic E-state index is 13.9. The summed E-state index contributed by atoms with van der Waals surface area (Å²) in [5.74, 6) is 6.34. The lowest BCUT2D eigenvalue weighted by Gasteiger charge is -2.33. The molecule has 0 bridgehead atoms. The molecule has 1 N–H and O–H groups in total. The molecule has 0 radical (unpaired) electrons. The number of nitrogens with zero attached hydrogens (tertiary/aromatic N) is 3. The molecular weight excluding hydrogens is 461 g/mol. The first-order chi connectivity index (χ1) is 17.2. The maximum absolute atomic E-state index is 13.9. The van der Waals surface area contributed by atoms with Gasteiger partial charge in [0.05, 0.1) is 5.56 Å². The minimum Gasteiger partial charge on any atom is -0.381 e. The van der Waals surface area contributed by atoms with Crippen LogP contribution in [-0.4, -0.2) is 48.0 Å². The number of hydrogen-bond acceptors (Lipinski definition) is 4. The van der Waals surface area contributed by atoms with Crippen LogP contribution >= 0.6 is 0 Å². The summed E-state index contributed by atoms with van der Waals surface area (Å²) in [5, 5.41) is 3.16. The van der Waals surface area contributed by atoms with E-state index in [0.717, 1.165) is 54.0 Å². The Morgan fingerprint density at radius 2 is 1.72 bits per heavy atom. The van der Waals surface area contributed by atoms with Crippen LogP contribution in [0, 0.1) is 25.7 Å². The van der Waals surface area contributed by atoms with Crippen LogP contribution in [0.1, 0.15) is 38.9 Å². The zero-order chi connectivity index (χ0) is 25.7. The van der Waals surface area contributed by atoms with E-state index < -0.39 is 11.7 Å². The Morgan fingerprint density at radius 1 is 0.944 bits per heavy atom. The lowest BCUT2D eigenvalue weighted by atomic mass is 10.0. The van der Waals surface area contributed by atoms with Gasteiger partial charge in [0.1, 0.15) is 0 Å². The summed E-state index contributed by atoms with van der Waals surface area (Å²) in [6.07, 6.45) is -0.894. The molecule has 188 valence electrons. The zero-order valence-electron chi connectivity index (χ0n) is 20.9. The van der Waals surface area contributed by atoms with E-state index in [0.29, 0.717) is 24.3 Å². The van der Waals surface area contributed by atoms with E-state index in [1.54, 1.807) is 24.5 Å². The van der Waals surface area contributed by atoms with E-state index in [4.69, 9.17) is 0 Å². The number of nitrogens with one attached hydrogen (secondary N) is 1. The highest BCUT2D eigenvalue weighted by Crippen LogP contribution is 2.34. The minimum absolute atomic E-state index is 0.305. The highest BCUT2D eigenvalue weighted by Gasteiger charge is 2.34. The van der Waals surface area contributed by atoms with Gasteiger partial charge in [-0.3, -0.25) is 9.88 Å². The van der Waals surface area contributed by atoms with Gasteiger partial charge in [-0.2, -0.15) is 13.2 Å². The standard InChI is InChI=1S/C29H31F3N4/c1-21-14-23(18-33-17-21)6-7-25-15-24(5-4-22(25)2)19-34-27-9-8-26(28(16-27)29(30,31)32)20-36-12-10-35(3)11-13-36/h4-5,8-9,14-18,34H,10-13,19-20H2,1-3H3. The van der Waals surface area contributed by atoms with Crippen LogP contribution in [0.25, 0.3) is 0 Å². The number of likely N-dealkylation sites (N-methyl/N-ethyl adjacent to an activating group) is 1. The van der Waals surface area contributed by atoms with Crippen LogP contribution < -0.4 is 5.32 Å². The van der Waals surface area contributed by atoms with Gasteiger partial charge in [-0.25, -0.2) is 0 Å². The summed E-state index contributed by atoms with van der Waals surface area (Å²) < 4.78 is 41.6. The molecule has 0 amide bonds. The molecule has 2 aromatic carbocycles. The average molecular weight is 493 g/mol. The van der Waals surface area contributed by atoms with Crippen molar-refractivity contribution in [3.05, 3.63) is 93.8 Å². The van der Waals surface area contributed by atoms with Crippen molar-refractivity contribution < 1.29 is 13.2 Å². The van der Waals surface area contributed by atoms with E-state index in [-0.39, 0.29) is 0 Å². The first kappa shape index (κ1) is 25.7. The van der Waals surface area contributed by atoms with Crippen LogP contribution in [0.15, 0.2) is 54.9 Å². The topological polar surface area (TPSA) is 31.4 Å². The van der Waals surface area contributed by atoms with Crippen LogP contribution in [0.5, 0.6) is 0 Å². The summed E-state index contributed by atoms with van der Waals surface area (Å²) in [6, 6.07) is 12.5. The van der Waals surface area contributed by atoms with Gasteiger partial charge < -0.3 is 10.2 Å². The van der Waals surface area contributed by atoms with Crippen molar-refractivity contribution in [3.8, 4) is 11.8 Å². The Balaban J connectivity index is 1.47. The molecule has 0 aliphatic carbocycles. The SMILES string of the molecule is Cc1cncc(C#Cc2cc(CNc3ccc(CN4CCN(C)CC4)c(C(F)(F)F)c3)ccc2C)c1. The van der Waals surface area contributed by atoms with Crippen molar-refractivity contribution in [1.82, 2.24) is 14.8 Å². The summed E-state index contributed by atoms with van der Waals surface area (Å²) in [7, 11) is 2.03. The van der Waals surface area contributed by atoms with Crippen molar-refractivity contribution in [1.29, 1.82) is 0 Å².